The van der Waals surface area contributed by atoms with Crippen molar-refractivity contribution >= 4 is 27.5 Å². The second-order valence-electron chi connectivity index (χ2n) is 9.00. The summed E-state index contributed by atoms with van der Waals surface area (Å²) >= 11 is 1.29. The molecule has 1 N–H and O–H groups in total. The van der Waals surface area contributed by atoms with E-state index in [0.29, 0.717) is 22.7 Å². The number of carbonyl (C=O) groups excluding carboxylic acids is 1. The van der Waals surface area contributed by atoms with E-state index in [1.54, 1.807) is 9.25 Å². The van der Waals surface area contributed by atoms with Crippen molar-refractivity contribution in [2.75, 3.05) is 13.2 Å². The quantitative estimate of drug-likeness (QED) is 0.592. The number of rotatable bonds is 5. The first-order valence-electron chi connectivity index (χ1n) is 10.9. The number of β-amino-alcohol motifs (C(OH)–C–C–N with tert-alkyl or cyclic N) is 1. The number of hydrogen-bond acceptors (Lipinski definition) is 7. The van der Waals surface area contributed by atoms with Crippen LogP contribution in [0.1, 0.15) is 46.0 Å². The average molecular weight is 476 g/mol. The smallest absolute Gasteiger partial charge is 0.331 e. The van der Waals surface area contributed by atoms with Gasteiger partial charge in [0.25, 0.3) is 11.5 Å². The number of aliphatic hydroxyl groups is 1. The van der Waals surface area contributed by atoms with Crippen LogP contribution in [0.2, 0.25) is 0 Å². The monoisotopic (exact) mass is 475 g/mol. The second-order valence-corrected chi connectivity index (χ2v) is 10.1. The van der Waals surface area contributed by atoms with Crippen LogP contribution in [0, 0.1) is 19.8 Å². The zero-order chi connectivity index (χ0) is 24.2. The Kier molecular flexibility index (Phi) is 6.06. The van der Waals surface area contributed by atoms with Gasteiger partial charge in [-0.05, 0) is 19.8 Å². The second kappa shape index (κ2) is 8.54. The lowest BCUT2D eigenvalue weighted by Crippen LogP contribution is -2.39. The third kappa shape index (κ3) is 3.94. The molecule has 0 saturated carbocycles. The molecular weight excluding hydrogens is 446 g/mol. The molecule has 3 aromatic heterocycles. The summed E-state index contributed by atoms with van der Waals surface area (Å²) in [6.07, 6.45) is -0.395. The van der Waals surface area contributed by atoms with E-state index >= 15 is 0 Å². The predicted octanol–water partition coefficient (Wildman–Crippen LogP) is 1.11. The van der Waals surface area contributed by atoms with Gasteiger partial charge in [-0.2, -0.15) is 5.10 Å². The largest absolute Gasteiger partial charge is 0.389 e. The lowest BCUT2D eigenvalue weighted by molar-refractivity contribution is -0.0778. The Bertz CT molecular complexity index is 1360. The SMILES string of the molecule is Cc1nn(C)c(C)c1Cc1sc2c(c1C(=O)N1C[C@H](O)CO1)c(=O)n(C)c(=O)n2CC(C)C. The first kappa shape index (κ1) is 23.4. The van der Waals surface area contributed by atoms with Crippen LogP contribution >= 0.6 is 11.3 Å². The minimum absolute atomic E-state index is 0.0139. The molecule has 1 fully saturated rings. The first-order valence-corrected chi connectivity index (χ1v) is 11.7. The van der Waals surface area contributed by atoms with Crippen LogP contribution in [0.25, 0.3) is 10.2 Å². The molecule has 4 heterocycles. The van der Waals surface area contributed by atoms with E-state index in [2.05, 4.69) is 5.10 Å². The van der Waals surface area contributed by atoms with Crippen molar-refractivity contribution in [2.24, 2.45) is 20.0 Å². The Morgan fingerprint density at radius 1 is 1.27 bits per heavy atom. The van der Waals surface area contributed by atoms with E-state index in [1.165, 1.54) is 18.4 Å². The molecule has 178 valence electrons. The number of fused-ring (bicyclic) bond motifs is 1. The van der Waals surface area contributed by atoms with Gasteiger partial charge >= 0.3 is 5.69 Å². The van der Waals surface area contributed by atoms with Gasteiger partial charge in [-0.15, -0.1) is 11.3 Å². The number of thiophene rings is 1. The van der Waals surface area contributed by atoms with E-state index in [9.17, 15) is 19.5 Å². The molecule has 0 spiro atoms. The van der Waals surface area contributed by atoms with Crippen LogP contribution in [-0.4, -0.2) is 54.2 Å². The first-order chi connectivity index (χ1) is 15.5. The number of nitrogens with zero attached hydrogens (tertiary/aromatic N) is 5. The molecule has 0 aromatic carbocycles. The van der Waals surface area contributed by atoms with Gasteiger partial charge in [0.15, 0.2) is 0 Å². The van der Waals surface area contributed by atoms with Crippen molar-refractivity contribution in [1.29, 1.82) is 0 Å². The number of aliphatic hydroxyl groups excluding tert-OH is 1. The van der Waals surface area contributed by atoms with Gasteiger partial charge in [0, 0.05) is 43.2 Å². The normalized spacial score (nSPS) is 16.5. The Labute approximate surface area is 194 Å². The molecule has 1 atom stereocenters. The zero-order valence-corrected chi connectivity index (χ0v) is 20.5. The molecule has 0 radical (unpaired) electrons. The molecule has 3 aromatic rings. The maximum Gasteiger partial charge on any atom is 0.331 e. The van der Waals surface area contributed by atoms with Crippen LogP contribution in [0.15, 0.2) is 9.59 Å². The Morgan fingerprint density at radius 3 is 2.52 bits per heavy atom. The highest BCUT2D eigenvalue weighted by atomic mass is 32.1. The Morgan fingerprint density at radius 2 is 1.97 bits per heavy atom. The maximum absolute atomic E-state index is 13.6. The van der Waals surface area contributed by atoms with Gasteiger partial charge in [0.05, 0.1) is 23.2 Å². The number of hydrogen-bond donors (Lipinski definition) is 1. The lowest BCUT2D eigenvalue weighted by atomic mass is 10.0. The van der Waals surface area contributed by atoms with Crippen LogP contribution in [-0.2, 0) is 31.9 Å². The fourth-order valence-electron chi connectivity index (χ4n) is 4.23. The van der Waals surface area contributed by atoms with Gasteiger partial charge in [-0.1, -0.05) is 13.8 Å². The molecular formula is C22H29N5O5S. The van der Waals surface area contributed by atoms with Crippen LogP contribution < -0.4 is 11.2 Å². The van der Waals surface area contributed by atoms with E-state index in [-0.39, 0.29) is 30.0 Å². The van der Waals surface area contributed by atoms with Crippen molar-refractivity contribution in [2.45, 2.75) is 46.8 Å². The summed E-state index contributed by atoms with van der Waals surface area (Å²) in [5.41, 5.74) is 2.07. The number of aromatic nitrogens is 4. The summed E-state index contributed by atoms with van der Waals surface area (Å²) < 4.78 is 4.42. The van der Waals surface area contributed by atoms with Gasteiger partial charge in [-0.25, -0.2) is 9.86 Å². The Hall–Kier alpha value is -2.76. The summed E-state index contributed by atoms with van der Waals surface area (Å²) in [4.78, 5) is 46.4. The molecule has 1 aliphatic rings. The number of hydroxylamine groups is 2. The highest BCUT2D eigenvalue weighted by molar-refractivity contribution is 7.19. The fourth-order valence-corrected chi connectivity index (χ4v) is 5.52. The van der Waals surface area contributed by atoms with Crippen molar-refractivity contribution < 1.29 is 14.7 Å². The summed E-state index contributed by atoms with van der Waals surface area (Å²) in [5.74, 6) is -0.327. The molecule has 1 aliphatic heterocycles. The summed E-state index contributed by atoms with van der Waals surface area (Å²) in [5, 5.41) is 15.7. The topological polar surface area (TPSA) is 112 Å². The summed E-state index contributed by atoms with van der Waals surface area (Å²) in [6.45, 7) is 8.30. The fraction of sp³-hybridized carbons (Fsp3) is 0.545. The number of aryl methyl sites for hydroxylation is 2. The predicted molar refractivity (Wildman–Crippen MR) is 125 cm³/mol. The van der Waals surface area contributed by atoms with Gasteiger partial charge in [0.1, 0.15) is 17.5 Å². The van der Waals surface area contributed by atoms with E-state index < -0.39 is 23.3 Å². The highest BCUT2D eigenvalue weighted by Gasteiger charge is 2.33. The molecule has 11 heteroatoms. The number of carbonyl (C=O) groups is 1. The summed E-state index contributed by atoms with van der Waals surface area (Å²) in [6, 6.07) is 0. The van der Waals surface area contributed by atoms with Crippen molar-refractivity contribution in [3.8, 4) is 0 Å². The minimum atomic E-state index is -0.785. The third-order valence-electron chi connectivity index (χ3n) is 6.03. The van der Waals surface area contributed by atoms with E-state index in [1.807, 2.05) is 34.7 Å². The molecule has 1 saturated heterocycles. The third-order valence-corrected chi connectivity index (χ3v) is 7.24. The molecule has 0 aliphatic carbocycles. The Balaban J connectivity index is 2.01. The number of amides is 1. The van der Waals surface area contributed by atoms with E-state index in [0.717, 1.165) is 26.6 Å². The van der Waals surface area contributed by atoms with Crippen molar-refractivity contribution in [3.05, 3.63) is 48.2 Å². The maximum atomic E-state index is 13.6. The average Bonchev–Trinajstić information content (AvgIpc) is 3.41. The van der Waals surface area contributed by atoms with Crippen LogP contribution in [0.5, 0.6) is 0 Å². The van der Waals surface area contributed by atoms with Crippen molar-refractivity contribution in [1.82, 2.24) is 24.0 Å². The van der Waals surface area contributed by atoms with Gasteiger partial charge < -0.3 is 5.11 Å². The molecule has 10 nitrogen and oxygen atoms in total. The molecule has 33 heavy (non-hydrogen) atoms. The molecule has 0 unspecified atom stereocenters. The lowest BCUT2D eigenvalue weighted by Gasteiger charge is -2.15. The standard InChI is InChI=1S/C22H29N5O5S/c1-11(2)8-26-21-18(19(29)24(5)22(26)31)17(20(30)27-9-14(28)10-32-27)16(33-21)7-15-12(3)23-25(6)13(15)4/h11,14,28H,7-10H2,1-6H3/t14-/m0/s1. The zero-order valence-electron chi connectivity index (χ0n) is 19.7. The van der Waals surface area contributed by atoms with Crippen molar-refractivity contribution in [3.63, 3.8) is 0 Å². The van der Waals surface area contributed by atoms with E-state index in [4.69, 9.17) is 4.84 Å². The van der Waals surface area contributed by atoms with Crippen LogP contribution in [0.4, 0.5) is 0 Å². The van der Waals surface area contributed by atoms with Gasteiger partial charge in [0.2, 0.25) is 0 Å². The highest BCUT2D eigenvalue weighted by Crippen LogP contribution is 2.33. The molecule has 1 amide bonds. The van der Waals surface area contributed by atoms with Gasteiger partial charge in [-0.3, -0.25) is 28.2 Å². The molecule has 0 bridgehead atoms. The molecule has 4 rings (SSSR count). The summed E-state index contributed by atoms with van der Waals surface area (Å²) in [7, 11) is 3.29. The minimum Gasteiger partial charge on any atom is -0.389 e. The van der Waals surface area contributed by atoms with Crippen LogP contribution in [0.3, 0.4) is 0 Å².